The monoisotopic (exact) mass is 1200 g/mol. The van der Waals surface area contributed by atoms with E-state index < -0.39 is 108 Å². The number of nitrogens with zero attached hydrogens (tertiary/aromatic N) is 9. The summed E-state index contributed by atoms with van der Waals surface area (Å²) in [5, 5.41) is 20.9. The Morgan fingerprint density at radius 2 is 0.593 bits per heavy atom. The molecule has 12 amide bonds. The second kappa shape index (κ2) is 26.6. The minimum atomic E-state index is -1.17. The van der Waals surface area contributed by atoms with Crippen LogP contribution in [0.2, 0.25) is 0 Å². The highest BCUT2D eigenvalue weighted by Crippen LogP contribution is 2.34. The minimum absolute atomic E-state index is 0.0757. The zero-order valence-electron chi connectivity index (χ0n) is 50.0. The van der Waals surface area contributed by atoms with Crippen molar-refractivity contribution in [1.29, 1.82) is 0 Å². The van der Waals surface area contributed by atoms with Gasteiger partial charge in [-0.1, -0.05) is 0 Å². The number of carboxylic acid groups (broad SMARTS) is 1. The highest BCUT2D eigenvalue weighted by molar-refractivity contribution is 6.00. The van der Waals surface area contributed by atoms with E-state index in [4.69, 9.17) is 0 Å². The van der Waals surface area contributed by atoms with Crippen LogP contribution in [0.4, 0.5) is 0 Å². The van der Waals surface area contributed by atoms with Crippen molar-refractivity contribution in [1.82, 2.24) is 65.4 Å². The molecule has 86 heavy (non-hydrogen) atoms. The predicted molar refractivity (Wildman–Crippen MR) is 304 cm³/mol. The molecule has 5 N–H and O–H groups in total. The maximum absolute atomic E-state index is 14.4. The summed E-state index contributed by atoms with van der Waals surface area (Å²) < 4.78 is 0. The van der Waals surface area contributed by atoms with Crippen molar-refractivity contribution in [3.63, 3.8) is 0 Å². The first-order valence-electron chi connectivity index (χ1n) is 31.9. The van der Waals surface area contributed by atoms with Crippen LogP contribution in [0, 0.1) is 0 Å². The van der Waals surface area contributed by atoms with Gasteiger partial charge in [0.2, 0.25) is 70.9 Å². The molecule has 10 rings (SSSR count). The molecule has 0 saturated carbocycles. The Hall–Kier alpha value is -6.93. The molecule has 0 aromatic rings. The third-order valence-corrected chi connectivity index (χ3v) is 20.0. The van der Waals surface area contributed by atoms with Gasteiger partial charge in [0.05, 0.1) is 6.04 Å². The van der Waals surface area contributed by atoms with E-state index in [9.17, 15) is 67.4 Å². The fourth-order valence-electron chi connectivity index (χ4n) is 15.5. The van der Waals surface area contributed by atoms with Gasteiger partial charge in [-0.15, -0.1) is 0 Å². The Morgan fingerprint density at radius 3 is 0.930 bits per heavy atom. The summed E-state index contributed by atoms with van der Waals surface area (Å²) in [5.41, 5.74) is 0. The Kier molecular flexibility index (Phi) is 19.2. The average Bonchev–Trinajstić information content (AvgIpc) is 1.95. The van der Waals surface area contributed by atoms with E-state index in [2.05, 4.69) is 21.3 Å². The molecule has 0 aromatic heterocycles. The number of carbonyl (C=O) groups is 13. The molecule has 27 nitrogen and oxygen atoms in total. The van der Waals surface area contributed by atoms with Crippen LogP contribution < -0.4 is 21.3 Å². The molecule has 0 aromatic carbocycles. The van der Waals surface area contributed by atoms with Crippen molar-refractivity contribution < 1.29 is 67.4 Å². The lowest BCUT2D eigenvalue weighted by molar-refractivity contribution is -0.155. The number of nitrogens with one attached hydrogen (secondary N) is 4. The van der Waals surface area contributed by atoms with E-state index in [0.717, 1.165) is 19.4 Å². The SMILES string of the molecule is C[C@H](NC(=O)[C@H](C)NC(=O)[C@@H]1CCCN1C(=O)[C@@H]1CCCN1C(=O)[C@@H]1CCCN1C(=O)[C@@H]1CCCN1C(=O)[C@@H]1CCCN1)C(=O)N[C@@H](C)C(=O)N1CCC[C@H]1C(=O)N1CCC[C@H]1C(=O)N1CCC[C@H]1C(=O)N1CCC[C@H]1C(=O)N1CCC[C@H]1C(=O)O. The number of amides is 12. The molecule has 10 aliphatic rings. The van der Waals surface area contributed by atoms with Crippen LogP contribution in [-0.4, -0.2) is 270 Å². The Bertz CT molecular complexity index is 2710. The van der Waals surface area contributed by atoms with Gasteiger partial charge in [0.15, 0.2) is 0 Å². The molecule has 10 saturated heterocycles. The van der Waals surface area contributed by atoms with Crippen LogP contribution in [0.5, 0.6) is 0 Å². The molecular weight excluding hydrogens is 1110 g/mol. The zero-order valence-corrected chi connectivity index (χ0v) is 50.0. The maximum Gasteiger partial charge on any atom is 0.326 e. The fourth-order valence-corrected chi connectivity index (χ4v) is 15.5. The minimum Gasteiger partial charge on any atom is -0.480 e. The molecule has 472 valence electrons. The molecule has 10 aliphatic heterocycles. The number of aliphatic carboxylic acids is 1. The number of likely N-dealkylation sites (tertiary alicyclic amines) is 9. The molecule has 10 fully saturated rings. The summed E-state index contributed by atoms with van der Waals surface area (Å²) in [4.78, 5) is 193. The molecule has 0 radical (unpaired) electrons. The van der Waals surface area contributed by atoms with Gasteiger partial charge in [-0.05, 0) is 156 Å². The van der Waals surface area contributed by atoms with Crippen LogP contribution in [0.3, 0.4) is 0 Å². The van der Waals surface area contributed by atoms with Crippen molar-refractivity contribution in [2.24, 2.45) is 0 Å². The first-order chi connectivity index (χ1) is 41.3. The van der Waals surface area contributed by atoms with E-state index in [1.807, 2.05) is 0 Å². The number of hydrogen-bond acceptors (Lipinski definition) is 14. The molecule has 0 unspecified atom stereocenters. The number of rotatable bonds is 16. The van der Waals surface area contributed by atoms with Gasteiger partial charge in [0, 0.05) is 58.9 Å². The summed E-state index contributed by atoms with van der Waals surface area (Å²) in [5.74, 6) is -6.13. The highest BCUT2D eigenvalue weighted by Gasteiger charge is 2.52. The lowest BCUT2D eigenvalue weighted by atomic mass is 10.1. The van der Waals surface area contributed by atoms with E-state index in [1.54, 1.807) is 14.7 Å². The average molecular weight is 1200 g/mol. The van der Waals surface area contributed by atoms with Gasteiger partial charge in [-0.3, -0.25) is 57.5 Å². The smallest absolute Gasteiger partial charge is 0.326 e. The molecule has 0 bridgehead atoms. The standard InChI is InChI=1S/C59H87N13O14/c1-34(61-47(73)35(2)62-49(75)38-15-5-25-64(38)52(78)41-18-8-28-67(41)55(81)43-20-10-30-69(43)54(80)40-17-7-27-66(40)51(77)37-14-4-24-60-37)48(74)63-36(3)50(76)65-26-6-16-39(65)53(79)68-29-9-19-42(68)56(82)70-31-11-21-44(70)57(83)71-32-12-22-45(71)58(84)72-33-13-23-46(72)59(85)86/h34-46,60H,4-33H2,1-3H3,(H,61,73)(H,62,75)(H,63,74)(H,85,86)/t34-,35-,36-,37-,38-,39-,40-,41-,42-,43-,44-,45-,46-/m0/s1. The first kappa shape index (κ1) is 62.1. The summed E-state index contributed by atoms with van der Waals surface area (Å²) in [7, 11) is 0. The van der Waals surface area contributed by atoms with Crippen molar-refractivity contribution in [2.75, 3.05) is 65.4 Å². The Morgan fingerprint density at radius 1 is 0.326 bits per heavy atom. The number of carboxylic acids is 1. The Balaban J connectivity index is 0.683. The van der Waals surface area contributed by atoms with E-state index in [-0.39, 0.29) is 73.6 Å². The largest absolute Gasteiger partial charge is 0.480 e. The molecular formula is C59H87N13O14. The van der Waals surface area contributed by atoms with E-state index in [1.165, 1.54) is 50.2 Å². The quantitative estimate of drug-likeness (QED) is 0.115. The summed E-state index contributed by atoms with van der Waals surface area (Å²) >= 11 is 0. The van der Waals surface area contributed by atoms with Crippen molar-refractivity contribution in [2.45, 2.75) is 228 Å². The molecule has 27 heteroatoms. The van der Waals surface area contributed by atoms with Crippen LogP contribution in [0.1, 0.15) is 149 Å². The van der Waals surface area contributed by atoms with Crippen molar-refractivity contribution >= 4 is 76.9 Å². The van der Waals surface area contributed by atoms with Crippen molar-refractivity contribution in [3.8, 4) is 0 Å². The van der Waals surface area contributed by atoms with E-state index in [0.29, 0.717) is 148 Å². The third kappa shape index (κ3) is 12.3. The van der Waals surface area contributed by atoms with Crippen LogP contribution in [0.25, 0.3) is 0 Å². The Labute approximate surface area is 501 Å². The molecule has 10 heterocycles. The predicted octanol–water partition coefficient (Wildman–Crippen LogP) is -1.74. The van der Waals surface area contributed by atoms with Gasteiger partial charge >= 0.3 is 5.97 Å². The summed E-state index contributed by atoms with van der Waals surface area (Å²) in [6.07, 6.45) is 10.2. The third-order valence-electron chi connectivity index (χ3n) is 20.0. The van der Waals surface area contributed by atoms with Gasteiger partial charge in [0.25, 0.3) is 0 Å². The number of hydrogen-bond donors (Lipinski definition) is 5. The molecule has 13 atom stereocenters. The second-order valence-electron chi connectivity index (χ2n) is 25.4. The lowest BCUT2D eigenvalue weighted by Crippen LogP contribution is -2.59. The highest BCUT2D eigenvalue weighted by atomic mass is 16.4. The maximum atomic E-state index is 14.4. The topological polar surface area (TPSA) is 319 Å². The molecule has 0 spiro atoms. The van der Waals surface area contributed by atoms with Crippen LogP contribution in [-0.2, 0) is 62.3 Å². The summed E-state index contributed by atoms with van der Waals surface area (Å²) in [6.45, 7) is 7.92. The summed E-state index contributed by atoms with van der Waals surface area (Å²) in [6, 6.07) is -11.3. The first-order valence-corrected chi connectivity index (χ1v) is 31.9. The fraction of sp³-hybridized carbons (Fsp3) is 0.780. The zero-order chi connectivity index (χ0) is 61.2. The lowest BCUT2D eigenvalue weighted by Gasteiger charge is -2.36. The van der Waals surface area contributed by atoms with Crippen LogP contribution in [0.15, 0.2) is 0 Å². The van der Waals surface area contributed by atoms with Gasteiger partial charge in [-0.25, -0.2) is 4.79 Å². The molecule has 0 aliphatic carbocycles. The number of carbonyl (C=O) groups excluding carboxylic acids is 12. The normalized spacial score (nSPS) is 30.3. The van der Waals surface area contributed by atoms with Crippen LogP contribution >= 0.6 is 0 Å². The van der Waals surface area contributed by atoms with Gasteiger partial charge in [0.1, 0.15) is 72.5 Å². The van der Waals surface area contributed by atoms with Gasteiger partial charge < -0.3 is 70.5 Å². The van der Waals surface area contributed by atoms with E-state index >= 15 is 0 Å². The van der Waals surface area contributed by atoms with Gasteiger partial charge in [-0.2, -0.15) is 0 Å². The second-order valence-corrected chi connectivity index (χ2v) is 25.4. The van der Waals surface area contributed by atoms with Crippen molar-refractivity contribution in [3.05, 3.63) is 0 Å².